The second kappa shape index (κ2) is 4.82. The molecular weight excluding hydrogens is 228 g/mol. The van der Waals surface area contributed by atoms with E-state index in [-0.39, 0.29) is 17.9 Å². The molecule has 3 rings (SSSR count). The average Bonchev–Trinajstić information content (AvgIpc) is 2.89. The summed E-state index contributed by atoms with van der Waals surface area (Å²) in [5, 5.41) is 15.9. The highest BCUT2D eigenvalue weighted by molar-refractivity contribution is 5.82. The van der Waals surface area contributed by atoms with E-state index in [0.717, 1.165) is 58.2 Å². The molecule has 102 valence electrons. The molecule has 1 spiro atoms. The molecule has 0 aromatic carbocycles. The number of hydrogen-bond donors (Lipinski definition) is 3. The van der Waals surface area contributed by atoms with E-state index in [4.69, 9.17) is 0 Å². The number of hydrogen-bond acceptors (Lipinski definition) is 3. The maximum absolute atomic E-state index is 12.1. The Bertz CT molecular complexity index is 326. The van der Waals surface area contributed by atoms with Gasteiger partial charge in [-0.15, -0.1) is 0 Å². The Kier molecular flexibility index (Phi) is 3.32. The van der Waals surface area contributed by atoms with Gasteiger partial charge in [-0.2, -0.15) is 0 Å². The Morgan fingerprint density at radius 1 is 1.33 bits per heavy atom. The minimum Gasteiger partial charge on any atom is -0.393 e. The summed E-state index contributed by atoms with van der Waals surface area (Å²) in [6, 6.07) is 0. The molecule has 3 fully saturated rings. The van der Waals surface area contributed by atoms with Gasteiger partial charge in [-0.25, -0.2) is 0 Å². The highest BCUT2D eigenvalue weighted by atomic mass is 16.3. The predicted octanol–water partition coefficient (Wildman–Crippen LogP) is 0.653. The van der Waals surface area contributed by atoms with E-state index < -0.39 is 0 Å². The van der Waals surface area contributed by atoms with E-state index in [2.05, 4.69) is 10.6 Å². The summed E-state index contributed by atoms with van der Waals surface area (Å²) in [6.45, 7) is 2.90. The molecule has 0 aromatic rings. The van der Waals surface area contributed by atoms with Crippen molar-refractivity contribution in [3.8, 4) is 0 Å². The first-order chi connectivity index (χ1) is 8.70. The van der Waals surface area contributed by atoms with Gasteiger partial charge < -0.3 is 15.7 Å². The van der Waals surface area contributed by atoms with Crippen LogP contribution >= 0.6 is 0 Å². The molecule has 4 nitrogen and oxygen atoms in total. The Morgan fingerprint density at radius 2 is 2.11 bits per heavy atom. The van der Waals surface area contributed by atoms with E-state index in [0.29, 0.717) is 11.3 Å². The number of aliphatic hydroxyl groups excluding tert-OH is 1. The van der Waals surface area contributed by atoms with E-state index >= 15 is 0 Å². The molecule has 4 heteroatoms. The molecule has 0 aromatic heterocycles. The molecule has 1 heterocycles. The number of rotatable bonds is 3. The van der Waals surface area contributed by atoms with Gasteiger partial charge in [-0.1, -0.05) is 0 Å². The van der Waals surface area contributed by atoms with Crippen molar-refractivity contribution in [3.63, 3.8) is 0 Å². The standard InChI is InChI=1S/C14H24N2O2/c17-11-2-1-10(7-11)9-16-13(18)12-8-14(12)3-5-15-6-4-14/h10-12,15,17H,1-9H2,(H,16,18). The van der Waals surface area contributed by atoms with Crippen molar-refractivity contribution < 1.29 is 9.90 Å². The number of carbonyl (C=O) groups is 1. The lowest BCUT2D eigenvalue weighted by Crippen LogP contribution is -2.35. The van der Waals surface area contributed by atoms with E-state index in [1.54, 1.807) is 0 Å². The molecule has 0 bridgehead atoms. The second-order valence-electron chi connectivity index (χ2n) is 6.45. The lowest BCUT2D eigenvalue weighted by atomic mass is 9.91. The van der Waals surface area contributed by atoms with Crippen LogP contribution in [0.25, 0.3) is 0 Å². The molecule has 3 aliphatic rings. The zero-order chi connectivity index (χ0) is 12.6. The monoisotopic (exact) mass is 252 g/mol. The third kappa shape index (κ3) is 2.41. The number of aliphatic hydroxyl groups is 1. The molecule has 3 N–H and O–H groups in total. The highest BCUT2D eigenvalue weighted by Crippen LogP contribution is 2.58. The average molecular weight is 252 g/mol. The summed E-state index contributed by atoms with van der Waals surface area (Å²) in [5.41, 5.74) is 0.338. The molecule has 3 atom stereocenters. The molecule has 18 heavy (non-hydrogen) atoms. The van der Waals surface area contributed by atoms with Crippen LogP contribution < -0.4 is 10.6 Å². The largest absolute Gasteiger partial charge is 0.393 e. The zero-order valence-corrected chi connectivity index (χ0v) is 11.0. The van der Waals surface area contributed by atoms with Crippen molar-refractivity contribution in [2.45, 2.75) is 44.6 Å². The van der Waals surface area contributed by atoms with Crippen molar-refractivity contribution in [2.24, 2.45) is 17.3 Å². The van der Waals surface area contributed by atoms with Gasteiger partial charge in [0, 0.05) is 12.5 Å². The summed E-state index contributed by atoms with van der Waals surface area (Å²) < 4.78 is 0. The van der Waals surface area contributed by atoms with Gasteiger partial charge in [0.1, 0.15) is 0 Å². The molecule has 1 saturated heterocycles. The minimum atomic E-state index is -0.136. The lowest BCUT2D eigenvalue weighted by molar-refractivity contribution is -0.123. The van der Waals surface area contributed by atoms with Gasteiger partial charge in [0.2, 0.25) is 5.91 Å². The van der Waals surface area contributed by atoms with Crippen LogP contribution in [0.3, 0.4) is 0 Å². The molecular formula is C14H24N2O2. The summed E-state index contributed by atoms with van der Waals surface area (Å²) >= 11 is 0. The van der Waals surface area contributed by atoms with E-state index in [1.807, 2.05) is 0 Å². The van der Waals surface area contributed by atoms with Crippen LogP contribution in [0.5, 0.6) is 0 Å². The second-order valence-corrected chi connectivity index (χ2v) is 6.45. The van der Waals surface area contributed by atoms with Crippen LogP contribution in [0.15, 0.2) is 0 Å². The van der Waals surface area contributed by atoms with Crippen LogP contribution in [0.4, 0.5) is 0 Å². The van der Waals surface area contributed by atoms with Gasteiger partial charge >= 0.3 is 0 Å². The zero-order valence-electron chi connectivity index (χ0n) is 11.0. The summed E-state index contributed by atoms with van der Waals surface area (Å²) in [5.74, 6) is 1.02. The van der Waals surface area contributed by atoms with Crippen LogP contribution in [0, 0.1) is 17.3 Å². The van der Waals surface area contributed by atoms with Crippen LogP contribution in [0.2, 0.25) is 0 Å². The fraction of sp³-hybridized carbons (Fsp3) is 0.929. The molecule has 2 aliphatic carbocycles. The van der Waals surface area contributed by atoms with Crippen molar-refractivity contribution >= 4 is 5.91 Å². The molecule has 0 radical (unpaired) electrons. The Labute approximate surface area is 109 Å². The van der Waals surface area contributed by atoms with Crippen LogP contribution in [-0.4, -0.2) is 36.8 Å². The lowest BCUT2D eigenvalue weighted by Gasteiger charge is -2.23. The van der Waals surface area contributed by atoms with Crippen molar-refractivity contribution in [3.05, 3.63) is 0 Å². The first kappa shape index (κ1) is 12.4. The SMILES string of the molecule is O=C(NCC1CCC(O)C1)C1CC12CCNCC2. The molecule has 1 aliphatic heterocycles. The summed E-state index contributed by atoms with van der Waals surface area (Å²) in [7, 11) is 0. The van der Waals surface area contributed by atoms with Crippen LogP contribution in [0.1, 0.15) is 38.5 Å². The topological polar surface area (TPSA) is 61.4 Å². The van der Waals surface area contributed by atoms with E-state index in [9.17, 15) is 9.90 Å². The van der Waals surface area contributed by atoms with Gasteiger partial charge in [0.25, 0.3) is 0 Å². The quantitative estimate of drug-likeness (QED) is 0.691. The number of amides is 1. The third-order valence-electron chi connectivity index (χ3n) is 5.18. The number of nitrogens with one attached hydrogen (secondary N) is 2. The third-order valence-corrected chi connectivity index (χ3v) is 5.18. The number of carbonyl (C=O) groups excluding carboxylic acids is 1. The van der Waals surface area contributed by atoms with E-state index in [1.165, 1.54) is 0 Å². The highest BCUT2D eigenvalue weighted by Gasteiger charge is 2.57. The van der Waals surface area contributed by atoms with Gasteiger partial charge in [0.05, 0.1) is 6.10 Å². The maximum atomic E-state index is 12.1. The van der Waals surface area contributed by atoms with Crippen molar-refractivity contribution in [1.29, 1.82) is 0 Å². The minimum absolute atomic E-state index is 0.136. The fourth-order valence-electron chi connectivity index (χ4n) is 3.80. The first-order valence-corrected chi connectivity index (χ1v) is 7.36. The Morgan fingerprint density at radius 3 is 2.78 bits per heavy atom. The van der Waals surface area contributed by atoms with Crippen molar-refractivity contribution in [2.75, 3.05) is 19.6 Å². The van der Waals surface area contributed by atoms with Gasteiger partial charge in [0.15, 0.2) is 0 Å². The summed E-state index contributed by atoms with van der Waals surface area (Å²) in [4.78, 5) is 12.1. The molecule has 1 amide bonds. The van der Waals surface area contributed by atoms with Gasteiger partial charge in [-0.05, 0) is 62.9 Å². The fourth-order valence-corrected chi connectivity index (χ4v) is 3.80. The van der Waals surface area contributed by atoms with Crippen molar-refractivity contribution in [1.82, 2.24) is 10.6 Å². The number of piperidine rings is 1. The van der Waals surface area contributed by atoms with Crippen LogP contribution in [-0.2, 0) is 4.79 Å². The normalized spacial score (nSPS) is 37.7. The summed E-state index contributed by atoms with van der Waals surface area (Å²) in [6.07, 6.45) is 6.10. The first-order valence-electron chi connectivity index (χ1n) is 7.36. The molecule has 3 unspecified atom stereocenters. The molecule has 2 saturated carbocycles. The maximum Gasteiger partial charge on any atom is 0.223 e. The Balaban J connectivity index is 1.43. The Hall–Kier alpha value is -0.610. The predicted molar refractivity (Wildman–Crippen MR) is 69.0 cm³/mol. The smallest absolute Gasteiger partial charge is 0.223 e. The van der Waals surface area contributed by atoms with Gasteiger partial charge in [-0.3, -0.25) is 4.79 Å².